The highest BCUT2D eigenvalue weighted by Crippen LogP contribution is 2.13. The van der Waals surface area contributed by atoms with Gasteiger partial charge in [-0.25, -0.2) is 4.98 Å². The summed E-state index contributed by atoms with van der Waals surface area (Å²) in [6.07, 6.45) is 5.47. The van der Waals surface area contributed by atoms with Gasteiger partial charge >= 0.3 is 0 Å². The second-order valence-corrected chi connectivity index (χ2v) is 3.09. The van der Waals surface area contributed by atoms with Crippen LogP contribution in [0.3, 0.4) is 0 Å². The Balaban J connectivity index is 2.68. The van der Waals surface area contributed by atoms with Crippen molar-refractivity contribution in [3.05, 3.63) is 18.1 Å². The molecule has 0 bridgehead atoms. The van der Waals surface area contributed by atoms with Crippen LogP contribution in [0.1, 0.15) is 12.6 Å². The third kappa shape index (κ3) is 2.46. The summed E-state index contributed by atoms with van der Waals surface area (Å²) in [7, 11) is 0. The van der Waals surface area contributed by atoms with Gasteiger partial charge in [0.05, 0.1) is 5.69 Å². The van der Waals surface area contributed by atoms with E-state index in [0.29, 0.717) is 0 Å². The minimum absolute atomic E-state index is 0.806. The molecule has 1 N–H and O–H groups in total. The molecular weight excluding hydrogens is 170 g/mol. The van der Waals surface area contributed by atoms with E-state index < -0.39 is 0 Å². The summed E-state index contributed by atoms with van der Waals surface area (Å²) in [4.78, 5) is 8.45. The normalized spacial score (nSPS) is 10.2. The molecule has 0 aliphatic carbocycles. The lowest BCUT2D eigenvalue weighted by atomic mass is 10.4. The van der Waals surface area contributed by atoms with E-state index in [2.05, 4.69) is 22.2 Å². The lowest BCUT2D eigenvalue weighted by Gasteiger charge is -2.04. The predicted octanol–water partition coefficient (Wildman–Crippen LogP) is 1.31. The van der Waals surface area contributed by atoms with Gasteiger partial charge in [-0.3, -0.25) is 4.98 Å². The van der Waals surface area contributed by atoms with E-state index in [4.69, 9.17) is 0 Å². The monoisotopic (exact) mass is 183 g/mol. The van der Waals surface area contributed by atoms with Gasteiger partial charge in [0.25, 0.3) is 0 Å². The van der Waals surface area contributed by atoms with Crippen molar-refractivity contribution in [2.75, 3.05) is 12.8 Å². The SMILES string of the molecule is CCNCc1nccnc1SC. The van der Waals surface area contributed by atoms with Crippen LogP contribution in [0.5, 0.6) is 0 Å². The highest BCUT2D eigenvalue weighted by atomic mass is 32.2. The van der Waals surface area contributed by atoms with Gasteiger partial charge in [-0.2, -0.15) is 0 Å². The average Bonchev–Trinajstić information content (AvgIpc) is 2.15. The first-order valence-electron chi connectivity index (χ1n) is 3.93. The molecule has 3 nitrogen and oxygen atoms in total. The van der Waals surface area contributed by atoms with Gasteiger partial charge < -0.3 is 5.32 Å². The molecule has 0 spiro atoms. The Morgan fingerprint density at radius 3 is 2.83 bits per heavy atom. The quantitative estimate of drug-likeness (QED) is 0.714. The maximum Gasteiger partial charge on any atom is 0.119 e. The molecule has 66 valence electrons. The minimum atomic E-state index is 0.806. The van der Waals surface area contributed by atoms with Gasteiger partial charge in [-0.1, -0.05) is 6.92 Å². The van der Waals surface area contributed by atoms with Crippen LogP contribution >= 0.6 is 11.8 Å². The summed E-state index contributed by atoms with van der Waals surface area (Å²) in [6, 6.07) is 0. The number of hydrogen-bond acceptors (Lipinski definition) is 4. The highest BCUT2D eigenvalue weighted by molar-refractivity contribution is 7.98. The van der Waals surface area contributed by atoms with E-state index in [0.717, 1.165) is 23.8 Å². The zero-order valence-electron chi connectivity index (χ0n) is 7.37. The minimum Gasteiger partial charge on any atom is -0.311 e. The molecule has 1 rings (SSSR count). The molecule has 0 aliphatic rings. The number of nitrogens with one attached hydrogen (secondary N) is 1. The van der Waals surface area contributed by atoms with Crippen molar-refractivity contribution in [3.63, 3.8) is 0 Å². The standard InChI is InChI=1S/C8H13N3S/c1-3-9-6-7-8(12-2)11-5-4-10-7/h4-5,9H,3,6H2,1-2H3. The van der Waals surface area contributed by atoms with Crippen LogP contribution in [0.25, 0.3) is 0 Å². The third-order valence-corrected chi connectivity index (χ3v) is 2.20. The molecule has 1 aromatic rings. The number of aromatic nitrogens is 2. The van der Waals surface area contributed by atoms with E-state index in [1.54, 1.807) is 24.2 Å². The fourth-order valence-electron chi connectivity index (χ4n) is 0.889. The van der Waals surface area contributed by atoms with Crippen molar-refractivity contribution in [1.82, 2.24) is 15.3 Å². The average molecular weight is 183 g/mol. The molecule has 0 saturated carbocycles. The largest absolute Gasteiger partial charge is 0.311 e. The molecule has 1 aromatic heterocycles. The second-order valence-electron chi connectivity index (χ2n) is 2.29. The Bertz CT molecular complexity index is 239. The first-order chi connectivity index (χ1) is 5.88. The summed E-state index contributed by atoms with van der Waals surface area (Å²) >= 11 is 1.63. The topological polar surface area (TPSA) is 37.8 Å². The van der Waals surface area contributed by atoms with Gasteiger partial charge in [0, 0.05) is 18.9 Å². The Morgan fingerprint density at radius 2 is 2.17 bits per heavy atom. The molecule has 0 atom stereocenters. The van der Waals surface area contributed by atoms with Crippen molar-refractivity contribution in [2.24, 2.45) is 0 Å². The smallest absolute Gasteiger partial charge is 0.119 e. The van der Waals surface area contributed by atoms with Crippen molar-refractivity contribution in [2.45, 2.75) is 18.5 Å². The first-order valence-corrected chi connectivity index (χ1v) is 5.15. The number of thioether (sulfide) groups is 1. The molecule has 0 saturated heterocycles. The Kier molecular flexibility index (Phi) is 4.04. The van der Waals surface area contributed by atoms with E-state index in [1.165, 1.54) is 0 Å². The highest BCUT2D eigenvalue weighted by Gasteiger charge is 2.01. The summed E-state index contributed by atoms with van der Waals surface area (Å²) in [5, 5.41) is 4.24. The van der Waals surface area contributed by atoms with Crippen LogP contribution in [0, 0.1) is 0 Å². The van der Waals surface area contributed by atoms with Gasteiger partial charge in [-0.05, 0) is 12.8 Å². The number of hydrogen-bond donors (Lipinski definition) is 1. The lowest BCUT2D eigenvalue weighted by molar-refractivity contribution is 0.690. The predicted molar refractivity (Wildman–Crippen MR) is 51.2 cm³/mol. The van der Waals surface area contributed by atoms with Crippen LogP contribution in [-0.2, 0) is 6.54 Å². The fourth-order valence-corrected chi connectivity index (χ4v) is 1.42. The number of rotatable bonds is 4. The maximum atomic E-state index is 4.24. The summed E-state index contributed by atoms with van der Waals surface area (Å²) in [5.41, 5.74) is 1.03. The Morgan fingerprint density at radius 1 is 1.42 bits per heavy atom. The molecule has 0 amide bonds. The van der Waals surface area contributed by atoms with Crippen molar-refractivity contribution < 1.29 is 0 Å². The molecule has 0 radical (unpaired) electrons. The van der Waals surface area contributed by atoms with Crippen LogP contribution in [-0.4, -0.2) is 22.8 Å². The van der Waals surface area contributed by atoms with Crippen molar-refractivity contribution in [3.8, 4) is 0 Å². The zero-order chi connectivity index (χ0) is 8.81. The third-order valence-electron chi connectivity index (χ3n) is 1.47. The zero-order valence-corrected chi connectivity index (χ0v) is 8.19. The molecule has 0 aliphatic heterocycles. The maximum absolute atomic E-state index is 4.24. The van der Waals surface area contributed by atoms with Gasteiger partial charge in [0.1, 0.15) is 5.03 Å². The molecule has 0 unspecified atom stereocenters. The second kappa shape index (κ2) is 5.11. The van der Waals surface area contributed by atoms with Crippen molar-refractivity contribution >= 4 is 11.8 Å². The summed E-state index contributed by atoms with van der Waals surface area (Å²) in [5.74, 6) is 0. The van der Waals surface area contributed by atoms with Gasteiger partial charge in [-0.15, -0.1) is 11.8 Å². The Hall–Kier alpha value is -0.610. The fraction of sp³-hybridized carbons (Fsp3) is 0.500. The van der Waals surface area contributed by atoms with Crippen LogP contribution in [0.2, 0.25) is 0 Å². The van der Waals surface area contributed by atoms with Crippen molar-refractivity contribution in [1.29, 1.82) is 0 Å². The van der Waals surface area contributed by atoms with E-state index in [9.17, 15) is 0 Å². The van der Waals surface area contributed by atoms with Gasteiger partial charge in [0.2, 0.25) is 0 Å². The van der Waals surface area contributed by atoms with E-state index >= 15 is 0 Å². The summed E-state index contributed by atoms with van der Waals surface area (Å²) < 4.78 is 0. The van der Waals surface area contributed by atoms with Crippen LogP contribution < -0.4 is 5.32 Å². The molecule has 4 heteroatoms. The molecule has 0 aromatic carbocycles. The van der Waals surface area contributed by atoms with Crippen LogP contribution in [0.15, 0.2) is 17.4 Å². The summed E-state index contributed by atoms with van der Waals surface area (Å²) in [6.45, 7) is 3.85. The first kappa shape index (κ1) is 9.48. The molecule has 0 fully saturated rings. The lowest BCUT2D eigenvalue weighted by Crippen LogP contribution is -2.14. The molecule has 1 heterocycles. The number of nitrogens with zero attached hydrogens (tertiary/aromatic N) is 2. The van der Waals surface area contributed by atoms with E-state index in [1.807, 2.05) is 6.26 Å². The Labute approximate surface area is 77.0 Å². The van der Waals surface area contributed by atoms with Crippen LogP contribution in [0.4, 0.5) is 0 Å². The molecule has 12 heavy (non-hydrogen) atoms. The van der Waals surface area contributed by atoms with E-state index in [-0.39, 0.29) is 0 Å². The molecular formula is C8H13N3S. The van der Waals surface area contributed by atoms with Gasteiger partial charge in [0.15, 0.2) is 0 Å².